The molecule has 0 spiro atoms. The molecule has 1 saturated heterocycles. The van der Waals surface area contributed by atoms with E-state index in [0.29, 0.717) is 12.8 Å². The molecule has 0 saturated carbocycles. The molecular weight excluding hydrogens is 214 g/mol. The lowest BCUT2D eigenvalue weighted by atomic mass is 9.76. The average Bonchev–Trinajstić information content (AvgIpc) is 2.23. The van der Waals surface area contributed by atoms with E-state index in [4.69, 9.17) is 0 Å². The molecule has 1 fully saturated rings. The summed E-state index contributed by atoms with van der Waals surface area (Å²) in [4.78, 5) is 26.0. The van der Waals surface area contributed by atoms with Crippen molar-refractivity contribution in [3.8, 4) is 0 Å². The van der Waals surface area contributed by atoms with Crippen LogP contribution in [-0.4, -0.2) is 28.7 Å². The fourth-order valence-electron chi connectivity index (χ4n) is 2.45. The van der Waals surface area contributed by atoms with E-state index in [1.807, 2.05) is 20.8 Å². The van der Waals surface area contributed by atoms with Gasteiger partial charge in [0.1, 0.15) is 0 Å². The number of likely N-dealkylation sites (tertiary alicyclic amines) is 1. The minimum atomic E-state index is -0.264. The molecule has 0 aromatic carbocycles. The number of hydrogen-bond donors (Lipinski definition) is 0. The quantitative estimate of drug-likeness (QED) is 0.651. The fraction of sp³-hybridized carbons (Fsp3) is 0.857. The third kappa shape index (κ3) is 3.30. The van der Waals surface area contributed by atoms with Crippen molar-refractivity contribution in [2.75, 3.05) is 6.54 Å². The molecule has 1 aliphatic rings. The number of amides is 1. The van der Waals surface area contributed by atoms with Crippen molar-refractivity contribution in [1.29, 1.82) is 0 Å². The molecule has 0 aliphatic carbocycles. The van der Waals surface area contributed by atoms with Gasteiger partial charge < -0.3 is 4.90 Å². The van der Waals surface area contributed by atoms with E-state index < -0.39 is 0 Å². The van der Waals surface area contributed by atoms with Crippen molar-refractivity contribution >= 4 is 11.7 Å². The summed E-state index contributed by atoms with van der Waals surface area (Å²) in [6, 6.07) is 0. The molecule has 1 heterocycles. The summed E-state index contributed by atoms with van der Waals surface area (Å²) in [6.07, 6.45) is 1.18. The van der Waals surface area contributed by atoms with Gasteiger partial charge in [-0.05, 0) is 32.6 Å². The van der Waals surface area contributed by atoms with Crippen LogP contribution in [0.3, 0.4) is 0 Å². The van der Waals surface area contributed by atoms with Gasteiger partial charge in [-0.2, -0.15) is 0 Å². The van der Waals surface area contributed by atoms with Crippen molar-refractivity contribution in [2.24, 2.45) is 11.3 Å². The first kappa shape index (κ1) is 14.2. The van der Waals surface area contributed by atoms with Gasteiger partial charge in [-0.25, -0.2) is 0 Å². The van der Waals surface area contributed by atoms with E-state index in [1.54, 1.807) is 4.90 Å². The third-order valence-electron chi connectivity index (χ3n) is 3.51. The fourth-order valence-corrected chi connectivity index (χ4v) is 2.45. The molecule has 1 unspecified atom stereocenters. The third-order valence-corrected chi connectivity index (χ3v) is 3.51. The van der Waals surface area contributed by atoms with Crippen LogP contribution in [0.2, 0.25) is 0 Å². The molecule has 1 amide bonds. The number of hydrogen-bond acceptors (Lipinski definition) is 2. The van der Waals surface area contributed by atoms with Gasteiger partial charge in [0, 0.05) is 17.9 Å². The molecule has 3 heteroatoms. The van der Waals surface area contributed by atoms with Crippen LogP contribution in [0.5, 0.6) is 0 Å². The Morgan fingerprint density at radius 2 is 1.59 bits per heavy atom. The Morgan fingerprint density at radius 1 is 1.06 bits per heavy atom. The van der Waals surface area contributed by atoms with Gasteiger partial charge >= 0.3 is 0 Å². The Labute approximate surface area is 105 Å². The highest BCUT2D eigenvalue weighted by molar-refractivity contribution is 5.90. The van der Waals surface area contributed by atoms with Crippen molar-refractivity contribution < 1.29 is 9.59 Å². The van der Waals surface area contributed by atoms with Gasteiger partial charge in [0.25, 0.3) is 0 Å². The van der Waals surface area contributed by atoms with Gasteiger partial charge in [-0.1, -0.05) is 20.8 Å². The number of nitrogens with zero attached hydrogens (tertiary/aromatic N) is 1. The number of carbonyl (C=O) groups excluding carboxylic acids is 2. The highest BCUT2D eigenvalue weighted by atomic mass is 16.2. The molecule has 17 heavy (non-hydrogen) atoms. The van der Waals surface area contributed by atoms with Crippen LogP contribution < -0.4 is 0 Å². The Kier molecular flexibility index (Phi) is 3.70. The van der Waals surface area contributed by atoms with Gasteiger partial charge in [-0.3, -0.25) is 9.59 Å². The second-order valence-electron chi connectivity index (χ2n) is 7.07. The van der Waals surface area contributed by atoms with Crippen LogP contribution in [0.1, 0.15) is 54.4 Å². The molecule has 3 nitrogen and oxygen atoms in total. The van der Waals surface area contributed by atoms with E-state index in [9.17, 15) is 9.59 Å². The number of rotatable bonds is 0. The zero-order valence-electron chi connectivity index (χ0n) is 12.0. The SMILES string of the molecule is CC(C)(C)C1CCC(=O)N(C(C)(C)C)CC1=O. The molecule has 1 aliphatic heterocycles. The summed E-state index contributed by atoms with van der Waals surface area (Å²) in [6.45, 7) is 12.4. The van der Waals surface area contributed by atoms with Gasteiger partial charge in [-0.15, -0.1) is 0 Å². The summed E-state index contributed by atoms with van der Waals surface area (Å²) in [7, 11) is 0. The Bertz CT molecular complexity index is 320. The summed E-state index contributed by atoms with van der Waals surface area (Å²) >= 11 is 0. The van der Waals surface area contributed by atoms with Gasteiger partial charge in [0.15, 0.2) is 5.78 Å². The Hall–Kier alpha value is -0.860. The molecule has 0 aromatic heterocycles. The molecular formula is C14H25NO2. The van der Waals surface area contributed by atoms with Crippen LogP contribution >= 0.6 is 0 Å². The molecule has 98 valence electrons. The summed E-state index contributed by atoms with van der Waals surface area (Å²) in [5, 5.41) is 0. The molecule has 0 radical (unpaired) electrons. The number of ketones is 1. The summed E-state index contributed by atoms with van der Waals surface area (Å²) in [5.74, 6) is 0.315. The molecule has 0 bridgehead atoms. The monoisotopic (exact) mass is 239 g/mol. The molecule has 0 N–H and O–H groups in total. The van der Waals surface area contributed by atoms with Crippen LogP contribution in [0.15, 0.2) is 0 Å². The van der Waals surface area contributed by atoms with Crippen LogP contribution in [0.4, 0.5) is 0 Å². The van der Waals surface area contributed by atoms with E-state index in [1.165, 1.54) is 0 Å². The average molecular weight is 239 g/mol. The Morgan fingerprint density at radius 3 is 2.00 bits per heavy atom. The van der Waals surface area contributed by atoms with Crippen LogP contribution in [0, 0.1) is 11.3 Å². The number of carbonyl (C=O) groups is 2. The zero-order chi connectivity index (χ0) is 13.4. The first-order valence-corrected chi connectivity index (χ1v) is 6.36. The topological polar surface area (TPSA) is 37.4 Å². The van der Waals surface area contributed by atoms with Gasteiger partial charge in [0.2, 0.25) is 5.91 Å². The van der Waals surface area contributed by atoms with Crippen molar-refractivity contribution in [1.82, 2.24) is 4.90 Å². The lowest BCUT2D eigenvalue weighted by Crippen LogP contribution is -2.47. The smallest absolute Gasteiger partial charge is 0.223 e. The lowest BCUT2D eigenvalue weighted by Gasteiger charge is -2.35. The van der Waals surface area contributed by atoms with E-state index >= 15 is 0 Å². The van der Waals surface area contributed by atoms with Crippen LogP contribution in [0.25, 0.3) is 0 Å². The summed E-state index contributed by atoms with van der Waals surface area (Å²) < 4.78 is 0. The molecule has 1 atom stereocenters. The van der Waals surface area contributed by atoms with Gasteiger partial charge in [0.05, 0.1) is 6.54 Å². The molecule has 0 aromatic rings. The normalized spacial score (nSPS) is 23.9. The highest BCUT2D eigenvalue weighted by Gasteiger charge is 2.38. The molecule has 1 rings (SSSR count). The second kappa shape index (κ2) is 4.43. The first-order valence-electron chi connectivity index (χ1n) is 6.36. The van der Waals surface area contributed by atoms with Crippen molar-refractivity contribution in [3.05, 3.63) is 0 Å². The maximum Gasteiger partial charge on any atom is 0.223 e. The van der Waals surface area contributed by atoms with E-state index in [-0.39, 0.29) is 35.1 Å². The van der Waals surface area contributed by atoms with E-state index in [2.05, 4.69) is 20.8 Å². The maximum absolute atomic E-state index is 12.3. The first-order chi connectivity index (χ1) is 7.53. The largest absolute Gasteiger partial charge is 0.331 e. The minimum Gasteiger partial charge on any atom is -0.331 e. The van der Waals surface area contributed by atoms with Crippen molar-refractivity contribution in [2.45, 2.75) is 59.9 Å². The Balaban J connectivity index is 2.94. The predicted molar refractivity (Wildman–Crippen MR) is 68.7 cm³/mol. The van der Waals surface area contributed by atoms with E-state index in [0.717, 1.165) is 0 Å². The predicted octanol–water partition coefficient (Wildman–Crippen LogP) is 2.64. The zero-order valence-corrected chi connectivity index (χ0v) is 12.0. The van der Waals surface area contributed by atoms with Crippen LogP contribution in [-0.2, 0) is 9.59 Å². The maximum atomic E-state index is 12.3. The standard InChI is InChI=1S/C14H25NO2/c1-13(2,3)10-7-8-12(17)15(9-11(10)16)14(4,5)6/h10H,7-9H2,1-6H3. The van der Waals surface area contributed by atoms with Crippen molar-refractivity contribution in [3.63, 3.8) is 0 Å². The highest BCUT2D eigenvalue weighted by Crippen LogP contribution is 2.34. The lowest BCUT2D eigenvalue weighted by molar-refractivity contribution is -0.139. The second-order valence-corrected chi connectivity index (χ2v) is 7.07. The minimum absolute atomic E-state index is 0.00111. The number of Topliss-reactive ketones (excluding diaryl/α,β-unsaturated/α-hetero) is 1. The summed E-state index contributed by atoms with van der Waals surface area (Å²) in [5.41, 5.74) is -0.315.